The van der Waals surface area contributed by atoms with Gasteiger partial charge >= 0.3 is 0 Å². The maximum atomic E-state index is 12.4. The van der Waals surface area contributed by atoms with Crippen LogP contribution in [0.3, 0.4) is 0 Å². The zero-order chi connectivity index (χ0) is 20.3. The van der Waals surface area contributed by atoms with Crippen molar-refractivity contribution in [1.29, 1.82) is 0 Å². The molecular weight excluding hydrogens is 362 g/mol. The molecule has 2 heterocycles. The molecule has 1 aromatic carbocycles. The standard InChI is InChI=1S/C20H25N3O5/c1-14(24)16-5-6-18-17(12-16)23(20(27)13-28-18)7-3-4-19(26)22-10-8-21(9-11-22)15(2)25/h5-6,12H,3-4,7-11,13H2,1-2H3. The minimum absolute atomic E-state index is 0.0292. The maximum Gasteiger partial charge on any atom is 0.265 e. The van der Waals surface area contributed by atoms with Gasteiger partial charge in [-0.2, -0.15) is 0 Å². The van der Waals surface area contributed by atoms with E-state index in [-0.39, 0.29) is 30.1 Å². The predicted molar refractivity (Wildman–Crippen MR) is 102 cm³/mol. The quantitative estimate of drug-likeness (QED) is 0.706. The second-order valence-corrected chi connectivity index (χ2v) is 7.06. The molecule has 1 saturated heterocycles. The number of anilines is 1. The zero-order valence-corrected chi connectivity index (χ0v) is 16.3. The lowest BCUT2D eigenvalue weighted by Gasteiger charge is -2.34. The predicted octanol–water partition coefficient (Wildman–Crippen LogP) is 1.09. The summed E-state index contributed by atoms with van der Waals surface area (Å²) in [4.78, 5) is 52.8. The Morgan fingerprint density at radius 3 is 2.36 bits per heavy atom. The van der Waals surface area contributed by atoms with Crippen LogP contribution in [0.2, 0.25) is 0 Å². The molecule has 0 unspecified atom stereocenters. The number of carbonyl (C=O) groups excluding carboxylic acids is 4. The zero-order valence-electron chi connectivity index (χ0n) is 16.3. The Labute approximate surface area is 164 Å². The lowest BCUT2D eigenvalue weighted by molar-refractivity contribution is -0.138. The first-order valence-corrected chi connectivity index (χ1v) is 9.48. The van der Waals surface area contributed by atoms with Crippen LogP contribution in [0.1, 0.15) is 37.0 Å². The fourth-order valence-corrected chi connectivity index (χ4v) is 3.48. The van der Waals surface area contributed by atoms with Crippen molar-refractivity contribution in [2.45, 2.75) is 26.7 Å². The molecule has 0 spiro atoms. The third-order valence-corrected chi connectivity index (χ3v) is 5.16. The Kier molecular flexibility index (Phi) is 5.96. The summed E-state index contributed by atoms with van der Waals surface area (Å²) in [6.07, 6.45) is 0.841. The molecule has 2 aliphatic rings. The summed E-state index contributed by atoms with van der Waals surface area (Å²) in [6, 6.07) is 5.04. The number of fused-ring (bicyclic) bond motifs is 1. The van der Waals surface area contributed by atoms with Crippen LogP contribution in [0.15, 0.2) is 18.2 Å². The smallest absolute Gasteiger partial charge is 0.265 e. The number of amides is 3. The van der Waals surface area contributed by atoms with E-state index >= 15 is 0 Å². The Balaban J connectivity index is 1.57. The summed E-state index contributed by atoms with van der Waals surface area (Å²) < 4.78 is 5.44. The largest absolute Gasteiger partial charge is 0.482 e. The number of piperazine rings is 1. The summed E-state index contributed by atoms with van der Waals surface area (Å²) in [5.41, 5.74) is 1.09. The van der Waals surface area contributed by atoms with E-state index < -0.39 is 0 Å². The van der Waals surface area contributed by atoms with Gasteiger partial charge in [-0.15, -0.1) is 0 Å². The van der Waals surface area contributed by atoms with E-state index in [4.69, 9.17) is 4.74 Å². The van der Waals surface area contributed by atoms with Crippen LogP contribution in [-0.2, 0) is 14.4 Å². The molecule has 0 aromatic heterocycles. The first-order chi connectivity index (χ1) is 13.4. The number of rotatable bonds is 5. The second kappa shape index (κ2) is 8.41. The van der Waals surface area contributed by atoms with Gasteiger partial charge in [-0.05, 0) is 31.5 Å². The highest BCUT2D eigenvalue weighted by molar-refractivity contribution is 6.01. The Morgan fingerprint density at radius 1 is 1.04 bits per heavy atom. The summed E-state index contributed by atoms with van der Waals surface area (Å²) in [7, 11) is 0. The first-order valence-electron chi connectivity index (χ1n) is 9.48. The normalized spacial score (nSPS) is 16.5. The minimum atomic E-state index is -0.185. The van der Waals surface area contributed by atoms with Crippen LogP contribution in [0.5, 0.6) is 5.75 Å². The fraction of sp³-hybridized carbons (Fsp3) is 0.500. The van der Waals surface area contributed by atoms with Crippen molar-refractivity contribution in [1.82, 2.24) is 9.80 Å². The van der Waals surface area contributed by atoms with Crippen LogP contribution in [0.25, 0.3) is 0 Å². The maximum absolute atomic E-state index is 12.4. The molecule has 1 fully saturated rings. The summed E-state index contributed by atoms with van der Waals surface area (Å²) >= 11 is 0. The van der Waals surface area contributed by atoms with Gasteiger partial charge in [-0.25, -0.2) is 0 Å². The summed E-state index contributed by atoms with van der Waals surface area (Å²) in [5, 5.41) is 0. The third-order valence-electron chi connectivity index (χ3n) is 5.16. The first kappa shape index (κ1) is 19.9. The number of nitrogens with zero attached hydrogens (tertiary/aromatic N) is 3. The second-order valence-electron chi connectivity index (χ2n) is 7.06. The lowest BCUT2D eigenvalue weighted by Crippen LogP contribution is -2.50. The Hall–Kier alpha value is -2.90. The van der Waals surface area contributed by atoms with Crippen molar-refractivity contribution in [2.75, 3.05) is 44.2 Å². The van der Waals surface area contributed by atoms with Gasteiger partial charge in [0.15, 0.2) is 12.4 Å². The average Bonchev–Trinajstić information content (AvgIpc) is 2.69. The van der Waals surface area contributed by atoms with Crippen molar-refractivity contribution in [3.63, 3.8) is 0 Å². The molecule has 0 bridgehead atoms. The molecule has 0 saturated carbocycles. The number of benzene rings is 1. The minimum Gasteiger partial charge on any atom is -0.482 e. The summed E-state index contributed by atoms with van der Waals surface area (Å²) in [5.74, 6) is 0.357. The molecule has 0 N–H and O–H groups in total. The molecule has 150 valence electrons. The Bertz CT molecular complexity index is 799. The highest BCUT2D eigenvalue weighted by Gasteiger charge is 2.27. The van der Waals surface area contributed by atoms with Gasteiger partial charge in [0.05, 0.1) is 5.69 Å². The van der Waals surface area contributed by atoms with Crippen LogP contribution >= 0.6 is 0 Å². The molecule has 1 aromatic rings. The molecule has 2 aliphatic heterocycles. The van der Waals surface area contributed by atoms with Crippen LogP contribution in [-0.4, -0.2) is 72.6 Å². The van der Waals surface area contributed by atoms with Gasteiger partial charge in [0, 0.05) is 51.6 Å². The summed E-state index contributed by atoms with van der Waals surface area (Å²) in [6.45, 7) is 5.55. The van der Waals surface area contributed by atoms with Gasteiger partial charge in [0.1, 0.15) is 5.75 Å². The van der Waals surface area contributed by atoms with Crippen LogP contribution in [0, 0.1) is 0 Å². The van der Waals surface area contributed by atoms with Gasteiger partial charge in [-0.3, -0.25) is 19.2 Å². The topological polar surface area (TPSA) is 87.2 Å². The molecule has 0 radical (unpaired) electrons. The van der Waals surface area contributed by atoms with Crippen molar-refractivity contribution in [2.24, 2.45) is 0 Å². The number of hydrogen-bond acceptors (Lipinski definition) is 5. The van der Waals surface area contributed by atoms with E-state index in [0.29, 0.717) is 62.6 Å². The molecule has 3 amide bonds. The molecule has 3 rings (SSSR count). The molecule has 0 atom stereocenters. The number of Topliss-reactive ketones (excluding diaryl/α,β-unsaturated/α-hetero) is 1. The van der Waals surface area contributed by atoms with Gasteiger partial charge < -0.3 is 19.4 Å². The van der Waals surface area contributed by atoms with E-state index in [0.717, 1.165) is 0 Å². The molecule has 28 heavy (non-hydrogen) atoms. The average molecular weight is 387 g/mol. The van der Waals surface area contributed by atoms with E-state index in [1.807, 2.05) is 0 Å². The van der Waals surface area contributed by atoms with Gasteiger partial charge in [-0.1, -0.05) is 0 Å². The number of ketones is 1. The molecule has 8 nitrogen and oxygen atoms in total. The van der Waals surface area contributed by atoms with Crippen LogP contribution < -0.4 is 9.64 Å². The molecule has 0 aliphatic carbocycles. The SMILES string of the molecule is CC(=O)c1ccc2c(c1)N(CCCC(=O)N1CCN(C(C)=O)CC1)C(=O)CO2. The van der Waals surface area contributed by atoms with Gasteiger partial charge in [0.25, 0.3) is 5.91 Å². The van der Waals surface area contributed by atoms with Gasteiger partial charge in [0.2, 0.25) is 11.8 Å². The van der Waals surface area contributed by atoms with E-state index in [1.165, 1.54) is 13.8 Å². The highest BCUT2D eigenvalue weighted by atomic mass is 16.5. The van der Waals surface area contributed by atoms with Crippen molar-refractivity contribution in [3.8, 4) is 5.75 Å². The lowest BCUT2D eigenvalue weighted by atomic mass is 10.1. The van der Waals surface area contributed by atoms with E-state index in [9.17, 15) is 19.2 Å². The fourth-order valence-electron chi connectivity index (χ4n) is 3.48. The molecule has 8 heteroatoms. The number of carbonyl (C=O) groups is 4. The third kappa shape index (κ3) is 4.32. The number of ether oxygens (including phenoxy) is 1. The highest BCUT2D eigenvalue weighted by Crippen LogP contribution is 2.33. The number of hydrogen-bond donors (Lipinski definition) is 0. The van der Waals surface area contributed by atoms with Crippen LogP contribution in [0.4, 0.5) is 5.69 Å². The Morgan fingerprint density at radius 2 is 1.71 bits per heavy atom. The van der Waals surface area contributed by atoms with E-state index in [1.54, 1.807) is 32.9 Å². The molecular formula is C20H25N3O5. The van der Waals surface area contributed by atoms with E-state index in [2.05, 4.69) is 0 Å². The van der Waals surface area contributed by atoms with Crippen molar-refractivity contribution < 1.29 is 23.9 Å². The van der Waals surface area contributed by atoms with Crippen molar-refractivity contribution >= 4 is 29.2 Å². The van der Waals surface area contributed by atoms with Crippen molar-refractivity contribution in [3.05, 3.63) is 23.8 Å². The monoisotopic (exact) mass is 387 g/mol.